The van der Waals surface area contributed by atoms with Gasteiger partial charge < -0.3 is 15.2 Å². The molecule has 1 aliphatic rings. The molecule has 0 bridgehead atoms. The van der Waals surface area contributed by atoms with Gasteiger partial charge in [0.15, 0.2) is 0 Å². The molecule has 0 unspecified atom stereocenters. The van der Waals surface area contributed by atoms with Gasteiger partial charge in [-0.15, -0.1) is 0 Å². The zero-order valence-corrected chi connectivity index (χ0v) is 13.7. The van der Waals surface area contributed by atoms with Gasteiger partial charge in [0.1, 0.15) is 23.1 Å². The van der Waals surface area contributed by atoms with E-state index in [0.29, 0.717) is 11.3 Å². The van der Waals surface area contributed by atoms with E-state index in [-0.39, 0.29) is 11.8 Å². The Kier molecular flexibility index (Phi) is 3.55. The number of allylic oxidation sites excluding steroid dienone is 1. The predicted molar refractivity (Wildman–Crippen MR) is 96.2 cm³/mol. The highest BCUT2D eigenvalue weighted by molar-refractivity contribution is 5.86. The van der Waals surface area contributed by atoms with Gasteiger partial charge in [-0.2, -0.15) is 5.26 Å². The summed E-state index contributed by atoms with van der Waals surface area (Å²) in [5.41, 5.74) is 8.34. The molecule has 3 aromatic rings. The Bertz CT molecular complexity index is 1050. The first-order valence-corrected chi connectivity index (χ1v) is 7.95. The van der Waals surface area contributed by atoms with Crippen LogP contribution in [0.25, 0.3) is 10.8 Å². The van der Waals surface area contributed by atoms with Gasteiger partial charge in [-0.1, -0.05) is 36.4 Å². The van der Waals surface area contributed by atoms with Gasteiger partial charge in [-0.25, -0.2) is 0 Å². The van der Waals surface area contributed by atoms with Crippen LogP contribution in [-0.4, -0.2) is 7.11 Å². The number of fused-ring (bicyclic) bond motifs is 2. The fourth-order valence-electron chi connectivity index (χ4n) is 3.31. The second-order valence-corrected chi connectivity index (χ2v) is 5.94. The Morgan fingerprint density at radius 1 is 1.04 bits per heavy atom. The highest BCUT2D eigenvalue weighted by atomic mass is 16.5. The van der Waals surface area contributed by atoms with Crippen molar-refractivity contribution in [2.75, 3.05) is 7.11 Å². The van der Waals surface area contributed by atoms with Crippen molar-refractivity contribution >= 4 is 10.8 Å². The van der Waals surface area contributed by atoms with Gasteiger partial charge in [0.2, 0.25) is 5.88 Å². The lowest BCUT2D eigenvalue weighted by Gasteiger charge is -2.27. The van der Waals surface area contributed by atoms with Crippen molar-refractivity contribution < 1.29 is 9.47 Å². The Hall–Kier alpha value is -3.45. The molecule has 122 valence electrons. The summed E-state index contributed by atoms with van der Waals surface area (Å²) in [6.07, 6.45) is 0. The minimum Gasteiger partial charge on any atom is -0.497 e. The molecule has 2 N–H and O–H groups in total. The summed E-state index contributed by atoms with van der Waals surface area (Å²) in [7, 11) is 1.62. The average Bonchev–Trinajstić information content (AvgIpc) is 2.65. The molecule has 0 saturated heterocycles. The molecule has 4 heteroatoms. The largest absolute Gasteiger partial charge is 0.497 e. The molecule has 0 aliphatic carbocycles. The van der Waals surface area contributed by atoms with E-state index in [9.17, 15) is 5.26 Å². The summed E-state index contributed by atoms with van der Waals surface area (Å²) in [6, 6.07) is 22.0. The summed E-state index contributed by atoms with van der Waals surface area (Å²) in [6.45, 7) is 0. The zero-order valence-electron chi connectivity index (χ0n) is 13.7. The van der Waals surface area contributed by atoms with Crippen LogP contribution in [-0.2, 0) is 0 Å². The van der Waals surface area contributed by atoms with Crippen LogP contribution in [0, 0.1) is 11.3 Å². The highest BCUT2D eigenvalue weighted by Crippen LogP contribution is 2.44. The van der Waals surface area contributed by atoms with E-state index >= 15 is 0 Å². The monoisotopic (exact) mass is 328 g/mol. The van der Waals surface area contributed by atoms with E-state index < -0.39 is 0 Å². The van der Waals surface area contributed by atoms with Gasteiger partial charge in [-0.3, -0.25) is 0 Å². The minimum atomic E-state index is -0.284. The van der Waals surface area contributed by atoms with Crippen LogP contribution in [0.2, 0.25) is 0 Å². The van der Waals surface area contributed by atoms with Gasteiger partial charge in [-0.05, 0) is 40.6 Å². The lowest BCUT2D eigenvalue weighted by Crippen LogP contribution is -2.21. The molecule has 3 aromatic carbocycles. The van der Waals surface area contributed by atoms with Gasteiger partial charge in [0.25, 0.3) is 0 Å². The first-order chi connectivity index (χ1) is 12.2. The van der Waals surface area contributed by atoms with Crippen LogP contribution < -0.4 is 15.2 Å². The number of hydrogen-bond acceptors (Lipinski definition) is 4. The van der Waals surface area contributed by atoms with E-state index in [4.69, 9.17) is 15.2 Å². The third-order valence-electron chi connectivity index (χ3n) is 4.51. The van der Waals surface area contributed by atoms with E-state index in [1.165, 1.54) is 0 Å². The lowest BCUT2D eigenvalue weighted by atomic mass is 9.82. The Morgan fingerprint density at radius 3 is 2.52 bits per heavy atom. The molecular formula is C21H16N2O2. The van der Waals surface area contributed by atoms with Gasteiger partial charge in [0, 0.05) is 5.56 Å². The molecule has 25 heavy (non-hydrogen) atoms. The van der Waals surface area contributed by atoms with Crippen LogP contribution >= 0.6 is 0 Å². The van der Waals surface area contributed by atoms with Crippen molar-refractivity contribution in [3.05, 3.63) is 83.2 Å². The number of hydrogen-bond donors (Lipinski definition) is 1. The molecule has 0 aromatic heterocycles. The van der Waals surface area contributed by atoms with E-state index in [1.807, 2.05) is 54.6 Å². The third kappa shape index (κ3) is 2.47. The predicted octanol–water partition coefficient (Wildman–Crippen LogP) is 4.07. The SMILES string of the molecule is COc1cccc([C@@H]2C(C#N)=C(N)Oc3cc4ccccc4cc32)c1. The number of nitrogens with zero attached hydrogens (tertiary/aromatic N) is 1. The minimum absolute atomic E-state index is 0.151. The number of benzene rings is 3. The standard InChI is InChI=1S/C21H16N2O2/c1-24-16-8-4-7-15(9-16)20-17-10-13-5-2-3-6-14(13)11-19(17)25-21(23)18(20)12-22/h2-11,20H,23H2,1H3/t20-/m0/s1. The average molecular weight is 328 g/mol. The summed E-state index contributed by atoms with van der Waals surface area (Å²) < 4.78 is 11.1. The van der Waals surface area contributed by atoms with E-state index in [1.54, 1.807) is 7.11 Å². The quantitative estimate of drug-likeness (QED) is 0.770. The molecule has 0 amide bonds. The number of methoxy groups -OCH3 is 1. The van der Waals surface area contributed by atoms with Crippen LogP contribution in [0.15, 0.2) is 72.1 Å². The number of ether oxygens (including phenoxy) is 2. The number of nitrogens with two attached hydrogens (primary N) is 1. The van der Waals surface area contributed by atoms with Gasteiger partial charge in [0.05, 0.1) is 13.0 Å². The maximum atomic E-state index is 9.66. The third-order valence-corrected chi connectivity index (χ3v) is 4.51. The Balaban J connectivity index is 1.98. The smallest absolute Gasteiger partial charge is 0.205 e. The van der Waals surface area contributed by atoms with Crippen molar-refractivity contribution in [2.45, 2.75) is 5.92 Å². The summed E-state index contributed by atoms with van der Waals surface area (Å²) in [5.74, 6) is 1.29. The first kappa shape index (κ1) is 15.1. The van der Waals surface area contributed by atoms with Crippen LogP contribution in [0.5, 0.6) is 11.5 Å². The molecule has 0 spiro atoms. The lowest BCUT2D eigenvalue weighted by molar-refractivity contribution is 0.393. The normalized spacial score (nSPS) is 16.1. The Morgan fingerprint density at radius 2 is 1.80 bits per heavy atom. The van der Waals surface area contributed by atoms with Crippen molar-refractivity contribution in [1.82, 2.24) is 0 Å². The van der Waals surface area contributed by atoms with Crippen LogP contribution in [0.4, 0.5) is 0 Å². The molecule has 4 nitrogen and oxygen atoms in total. The topological polar surface area (TPSA) is 68.3 Å². The fraction of sp³-hybridized carbons (Fsp3) is 0.0952. The molecule has 0 saturated carbocycles. The van der Waals surface area contributed by atoms with E-state index in [0.717, 1.165) is 27.6 Å². The van der Waals surface area contributed by atoms with Crippen molar-refractivity contribution in [1.29, 1.82) is 5.26 Å². The molecule has 1 aliphatic heterocycles. The second kappa shape index (κ2) is 5.88. The zero-order chi connectivity index (χ0) is 17.4. The highest BCUT2D eigenvalue weighted by Gasteiger charge is 2.31. The molecule has 0 fully saturated rings. The van der Waals surface area contributed by atoms with Gasteiger partial charge >= 0.3 is 0 Å². The van der Waals surface area contributed by atoms with Crippen molar-refractivity contribution in [3.63, 3.8) is 0 Å². The summed E-state index contributed by atoms with van der Waals surface area (Å²) >= 11 is 0. The Labute approximate surface area is 145 Å². The molecule has 1 heterocycles. The number of nitriles is 1. The summed E-state index contributed by atoms with van der Waals surface area (Å²) in [4.78, 5) is 0. The summed E-state index contributed by atoms with van der Waals surface area (Å²) in [5, 5.41) is 11.8. The number of rotatable bonds is 2. The molecular weight excluding hydrogens is 312 g/mol. The fourth-order valence-corrected chi connectivity index (χ4v) is 3.31. The van der Waals surface area contributed by atoms with Crippen LogP contribution in [0.3, 0.4) is 0 Å². The first-order valence-electron chi connectivity index (χ1n) is 7.95. The van der Waals surface area contributed by atoms with E-state index in [2.05, 4.69) is 12.1 Å². The maximum absolute atomic E-state index is 9.66. The molecule has 0 radical (unpaired) electrons. The van der Waals surface area contributed by atoms with Crippen molar-refractivity contribution in [2.24, 2.45) is 5.73 Å². The molecule has 1 atom stereocenters. The second-order valence-electron chi connectivity index (χ2n) is 5.94. The van der Waals surface area contributed by atoms with Crippen LogP contribution in [0.1, 0.15) is 17.0 Å². The van der Waals surface area contributed by atoms with Crippen molar-refractivity contribution in [3.8, 4) is 17.6 Å². The maximum Gasteiger partial charge on any atom is 0.205 e. The molecule has 4 rings (SSSR count).